The van der Waals surface area contributed by atoms with Crippen molar-refractivity contribution in [2.24, 2.45) is 5.73 Å². The number of guanidine groups is 1. The molecule has 24 heavy (non-hydrogen) atoms. The average Bonchev–Trinajstić information content (AvgIpc) is 2.62. The van der Waals surface area contributed by atoms with Gasteiger partial charge in [-0.3, -0.25) is 15.3 Å². The van der Waals surface area contributed by atoms with E-state index in [2.05, 4.69) is 27.0 Å². The molecule has 0 unspecified atom stereocenters. The summed E-state index contributed by atoms with van der Waals surface area (Å²) < 4.78 is 0. The van der Waals surface area contributed by atoms with Gasteiger partial charge in [0, 0.05) is 57.1 Å². The van der Waals surface area contributed by atoms with Crippen LogP contribution in [0.2, 0.25) is 0 Å². The molecule has 2 aromatic rings. The van der Waals surface area contributed by atoms with Gasteiger partial charge < -0.3 is 10.6 Å². The highest BCUT2D eigenvalue weighted by atomic mass is 32.2. The van der Waals surface area contributed by atoms with Gasteiger partial charge in [-0.05, 0) is 23.3 Å². The molecule has 0 amide bonds. The predicted octanol–water partition coefficient (Wildman–Crippen LogP) is 1.78. The van der Waals surface area contributed by atoms with E-state index in [1.54, 1.807) is 18.0 Å². The molecule has 1 fully saturated rings. The summed E-state index contributed by atoms with van der Waals surface area (Å²) in [7, 11) is 0. The number of nitrogens with zero attached hydrogens (tertiary/aromatic N) is 4. The molecule has 0 radical (unpaired) electrons. The Labute approximate surface area is 146 Å². The Morgan fingerprint density at radius 3 is 2.67 bits per heavy atom. The molecule has 6 nitrogen and oxygen atoms in total. The number of hydrogen-bond donors (Lipinski definition) is 2. The Morgan fingerprint density at radius 2 is 1.96 bits per heavy atom. The van der Waals surface area contributed by atoms with Crippen LogP contribution in [0.5, 0.6) is 0 Å². The van der Waals surface area contributed by atoms with Crippen LogP contribution in [0.15, 0.2) is 47.9 Å². The van der Waals surface area contributed by atoms with Crippen LogP contribution in [-0.2, 0) is 12.3 Å². The van der Waals surface area contributed by atoms with Gasteiger partial charge >= 0.3 is 0 Å². The van der Waals surface area contributed by atoms with Gasteiger partial charge in [-0.1, -0.05) is 12.1 Å². The van der Waals surface area contributed by atoms with E-state index in [1.807, 2.05) is 29.4 Å². The summed E-state index contributed by atoms with van der Waals surface area (Å²) in [6.07, 6.45) is 5.54. The van der Waals surface area contributed by atoms with Gasteiger partial charge in [-0.15, -0.1) is 11.8 Å². The summed E-state index contributed by atoms with van der Waals surface area (Å²) in [6.45, 7) is 4.35. The highest BCUT2D eigenvalue weighted by Crippen LogP contribution is 2.25. The molecule has 0 spiro atoms. The minimum Gasteiger partial charge on any atom is -0.370 e. The van der Waals surface area contributed by atoms with Crippen molar-refractivity contribution < 1.29 is 0 Å². The summed E-state index contributed by atoms with van der Waals surface area (Å²) >= 11 is 1.75. The lowest BCUT2D eigenvalue weighted by Crippen LogP contribution is -2.50. The van der Waals surface area contributed by atoms with E-state index < -0.39 is 0 Å². The van der Waals surface area contributed by atoms with E-state index in [-0.39, 0.29) is 5.96 Å². The van der Waals surface area contributed by atoms with E-state index in [1.165, 1.54) is 11.1 Å². The number of thioether (sulfide) groups is 1. The molecule has 1 saturated heterocycles. The van der Waals surface area contributed by atoms with Crippen molar-refractivity contribution in [2.45, 2.75) is 17.3 Å². The first-order valence-corrected chi connectivity index (χ1v) is 8.98. The Bertz CT molecular complexity index is 670. The van der Waals surface area contributed by atoms with Gasteiger partial charge in [-0.2, -0.15) is 0 Å². The lowest BCUT2D eigenvalue weighted by atomic mass is 10.2. The summed E-state index contributed by atoms with van der Waals surface area (Å²) in [5.74, 6) is 1.04. The van der Waals surface area contributed by atoms with Crippen LogP contribution in [0.25, 0.3) is 0 Å². The molecule has 1 aliphatic rings. The second kappa shape index (κ2) is 8.12. The zero-order valence-corrected chi connectivity index (χ0v) is 14.4. The quantitative estimate of drug-likeness (QED) is 0.490. The molecule has 1 aliphatic heterocycles. The summed E-state index contributed by atoms with van der Waals surface area (Å²) in [6, 6.07) is 8.19. The van der Waals surface area contributed by atoms with Gasteiger partial charge in [0.15, 0.2) is 5.96 Å². The van der Waals surface area contributed by atoms with Gasteiger partial charge in [0.05, 0.1) is 0 Å². The van der Waals surface area contributed by atoms with Crippen LogP contribution < -0.4 is 5.73 Å². The Balaban J connectivity index is 1.59. The van der Waals surface area contributed by atoms with Crippen LogP contribution in [0, 0.1) is 5.41 Å². The van der Waals surface area contributed by atoms with Crippen LogP contribution in [0.4, 0.5) is 0 Å². The first-order valence-electron chi connectivity index (χ1n) is 7.99. The van der Waals surface area contributed by atoms with Crippen molar-refractivity contribution >= 4 is 17.7 Å². The maximum absolute atomic E-state index is 7.51. The number of hydrogen-bond acceptors (Lipinski definition) is 5. The molecule has 126 valence electrons. The van der Waals surface area contributed by atoms with E-state index >= 15 is 0 Å². The third-order valence-electron chi connectivity index (χ3n) is 4.06. The molecule has 3 N–H and O–H groups in total. The topological polar surface area (TPSA) is 82.1 Å². The highest BCUT2D eigenvalue weighted by Gasteiger charge is 2.18. The molecule has 7 heteroatoms. The van der Waals surface area contributed by atoms with Crippen molar-refractivity contribution in [3.8, 4) is 0 Å². The second-order valence-electron chi connectivity index (χ2n) is 5.77. The molecular formula is C17H22N6S. The maximum atomic E-state index is 7.51. The lowest BCUT2D eigenvalue weighted by molar-refractivity contribution is 0.172. The van der Waals surface area contributed by atoms with Crippen molar-refractivity contribution in [3.63, 3.8) is 0 Å². The van der Waals surface area contributed by atoms with E-state index in [4.69, 9.17) is 11.1 Å². The normalized spacial score (nSPS) is 15.4. The largest absolute Gasteiger partial charge is 0.370 e. The number of piperazine rings is 1. The standard InChI is InChI=1S/C17H22N6S/c18-17(19)23-9-7-22(8-10-23)12-15-4-2-6-21-16(15)24-13-14-3-1-5-20-11-14/h1-6,11H,7-10,12-13H2,(H3,18,19). The van der Waals surface area contributed by atoms with Gasteiger partial charge in [-0.25, -0.2) is 4.98 Å². The zero-order valence-electron chi connectivity index (χ0n) is 13.6. The van der Waals surface area contributed by atoms with Gasteiger partial charge in [0.1, 0.15) is 5.03 Å². The fourth-order valence-electron chi connectivity index (χ4n) is 2.70. The summed E-state index contributed by atoms with van der Waals surface area (Å²) in [4.78, 5) is 13.0. The van der Waals surface area contributed by atoms with Gasteiger partial charge in [0.25, 0.3) is 0 Å². The molecule has 0 aromatic carbocycles. The minimum absolute atomic E-state index is 0.170. The zero-order chi connectivity index (χ0) is 16.8. The molecule has 3 heterocycles. The van der Waals surface area contributed by atoms with Crippen LogP contribution >= 0.6 is 11.8 Å². The van der Waals surface area contributed by atoms with Gasteiger partial charge in [0.2, 0.25) is 0 Å². The molecule has 2 aromatic heterocycles. The fourth-order valence-corrected chi connectivity index (χ4v) is 3.62. The average molecular weight is 342 g/mol. The Kier molecular flexibility index (Phi) is 5.66. The Morgan fingerprint density at radius 1 is 1.17 bits per heavy atom. The fraction of sp³-hybridized carbons (Fsp3) is 0.353. The smallest absolute Gasteiger partial charge is 0.188 e. The first kappa shape index (κ1) is 16.7. The monoisotopic (exact) mass is 342 g/mol. The number of aromatic nitrogens is 2. The molecular weight excluding hydrogens is 320 g/mol. The van der Waals surface area contributed by atoms with E-state index in [9.17, 15) is 0 Å². The van der Waals surface area contributed by atoms with Crippen molar-refractivity contribution in [3.05, 3.63) is 54.0 Å². The molecule has 0 bridgehead atoms. The molecule has 0 aliphatic carbocycles. The lowest BCUT2D eigenvalue weighted by Gasteiger charge is -2.35. The maximum Gasteiger partial charge on any atom is 0.188 e. The van der Waals surface area contributed by atoms with Crippen molar-refractivity contribution in [1.82, 2.24) is 19.8 Å². The first-order chi connectivity index (χ1) is 11.7. The van der Waals surface area contributed by atoms with Crippen LogP contribution in [0.1, 0.15) is 11.1 Å². The van der Waals surface area contributed by atoms with Crippen molar-refractivity contribution in [1.29, 1.82) is 5.41 Å². The minimum atomic E-state index is 0.170. The number of nitrogens with one attached hydrogen (secondary N) is 1. The molecule has 0 saturated carbocycles. The van der Waals surface area contributed by atoms with E-state index in [0.29, 0.717) is 0 Å². The second-order valence-corrected chi connectivity index (χ2v) is 6.73. The van der Waals surface area contributed by atoms with E-state index in [0.717, 1.165) is 43.5 Å². The number of pyridine rings is 2. The highest BCUT2D eigenvalue weighted by molar-refractivity contribution is 7.98. The van der Waals surface area contributed by atoms with Crippen LogP contribution in [-0.4, -0.2) is 51.9 Å². The summed E-state index contributed by atoms with van der Waals surface area (Å²) in [5.41, 5.74) is 8.01. The van der Waals surface area contributed by atoms with Crippen molar-refractivity contribution in [2.75, 3.05) is 26.2 Å². The predicted molar refractivity (Wildman–Crippen MR) is 96.8 cm³/mol. The number of nitrogens with two attached hydrogens (primary N) is 1. The Hall–Kier alpha value is -2.12. The summed E-state index contributed by atoms with van der Waals surface area (Å²) in [5, 5.41) is 8.59. The number of rotatable bonds is 5. The SMILES string of the molecule is N=C(N)N1CCN(Cc2cccnc2SCc2cccnc2)CC1. The molecule has 3 rings (SSSR count). The third-order valence-corrected chi connectivity index (χ3v) is 5.17. The van der Waals surface area contributed by atoms with Crippen LogP contribution in [0.3, 0.4) is 0 Å². The molecule has 0 atom stereocenters. The third kappa shape index (κ3) is 4.46.